The minimum atomic E-state index is -0.189. The van der Waals surface area contributed by atoms with Crippen molar-refractivity contribution in [2.24, 2.45) is 0 Å². The molecule has 2 unspecified atom stereocenters. The first-order valence-corrected chi connectivity index (χ1v) is 15.4. The number of ether oxygens (including phenoxy) is 2. The summed E-state index contributed by atoms with van der Waals surface area (Å²) in [6.45, 7) is 9.45. The summed E-state index contributed by atoms with van der Waals surface area (Å²) in [4.78, 5) is 21.4. The van der Waals surface area contributed by atoms with Gasteiger partial charge in [-0.05, 0) is 86.2 Å². The lowest BCUT2D eigenvalue weighted by molar-refractivity contribution is -0.115. The van der Waals surface area contributed by atoms with Crippen LogP contribution in [0.15, 0.2) is 72.9 Å². The molecule has 10 heteroatoms. The molecule has 6 rings (SSSR count). The quantitative estimate of drug-likeness (QED) is 0.240. The molecule has 228 valence electrons. The molecule has 2 saturated heterocycles. The van der Waals surface area contributed by atoms with Crippen LogP contribution in [0.1, 0.15) is 48.1 Å². The van der Waals surface area contributed by atoms with Crippen molar-refractivity contribution in [3.05, 3.63) is 95.6 Å². The van der Waals surface area contributed by atoms with Gasteiger partial charge in [-0.3, -0.25) is 9.78 Å². The zero-order valence-corrected chi connectivity index (χ0v) is 26.4. The second-order valence-corrected chi connectivity index (χ2v) is 11.4. The number of morpholine rings is 1. The van der Waals surface area contributed by atoms with E-state index in [2.05, 4.69) is 69.2 Å². The molecule has 44 heavy (non-hydrogen) atoms. The Balaban J connectivity index is 1.41. The second-order valence-electron chi connectivity index (χ2n) is 11.1. The molecule has 4 heterocycles. The van der Waals surface area contributed by atoms with Crippen LogP contribution in [0.4, 0.5) is 17.1 Å². The molecule has 0 bridgehead atoms. The maximum Gasteiger partial charge on any atom is 0.224 e. The number of methoxy groups -OCH3 is 1. The monoisotopic (exact) mass is 610 g/mol. The van der Waals surface area contributed by atoms with Gasteiger partial charge in [-0.2, -0.15) is 0 Å². The van der Waals surface area contributed by atoms with Crippen molar-refractivity contribution >= 4 is 40.3 Å². The van der Waals surface area contributed by atoms with Crippen LogP contribution in [-0.4, -0.2) is 54.0 Å². The normalized spacial score (nSPS) is 18.3. The number of aryl methyl sites for hydroxylation is 1. The molecule has 2 aliphatic heterocycles. The number of rotatable bonds is 8. The molecule has 2 N–H and O–H groups in total. The van der Waals surface area contributed by atoms with Gasteiger partial charge in [-0.25, -0.2) is 0 Å². The van der Waals surface area contributed by atoms with Crippen molar-refractivity contribution < 1.29 is 14.3 Å². The number of hydrogen-bond acceptors (Lipinski definition) is 6. The van der Waals surface area contributed by atoms with Crippen LogP contribution >= 0.6 is 12.2 Å². The van der Waals surface area contributed by atoms with Gasteiger partial charge < -0.3 is 34.5 Å². The zero-order chi connectivity index (χ0) is 30.8. The third-order valence-corrected chi connectivity index (χ3v) is 8.74. The number of hydrogen-bond donors (Lipinski definition) is 2. The number of amides is 1. The third kappa shape index (κ3) is 5.62. The average molecular weight is 611 g/mol. The third-order valence-electron chi connectivity index (χ3n) is 8.43. The highest BCUT2D eigenvalue weighted by Gasteiger charge is 2.42. The SMILES string of the molecule is CCC(=O)Nc1ccc(N2C(=S)NC(c3ccccn3)C2c2cc(C)n(-c3ccc(N4CCOCC4)cc3)c2C)cc1OC. The van der Waals surface area contributed by atoms with Crippen molar-refractivity contribution in [3.63, 3.8) is 0 Å². The Bertz CT molecular complexity index is 1650. The van der Waals surface area contributed by atoms with E-state index in [9.17, 15) is 4.79 Å². The largest absolute Gasteiger partial charge is 0.494 e. The van der Waals surface area contributed by atoms with Crippen molar-refractivity contribution in [1.29, 1.82) is 0 Å². The number of carbonyl (C=O) groups is 1. The first-order chi connectivity index (χ1) is 21.4. The number of carbonyl (C=O) groups excluding carboxylic acids is 1. The number of aromatic nitrogens is 2. The van der Waals surface area contributed by atoms with Gasteiger partial charge in [0.1, 0.15) is 5.75 Å². The van der Waals surface area contributed by atoms with E-state index in [0.29, 0.717) is 23.0 Å². The molecule has 4 aromatic rings. The number of anilines is 3. The maximum absolute atomic E-state index is 12.1. The highest BCUT2D eigenvalue weighted by molar-refractivity contribution is 7.80. The first kappa shape index (κ1) is 29.7. The standard InChI is InChI=1S/C34H38N6O3S/c1-5-31(41)36-28-14-13-26(21-30(28)42-4)40-33(32(37-34(40)44)29-8-6-7-15-35-29)27-20-22(2)39(23(27)3)25-11-9-24(10-12-25)38-16-18-43-19-17-38/h6-15,20-21,32-33H,5,16-19H2,1-4H3,(H,36,41)(H,37,44). The topological polar surface area (TPSA) is 83.9 Å². The van der Waals surface area contributed by atoms with Crippen LogP contribution in [0.2, 0.25) is 0 Å². The molecule has 2 aliphatic rings. The van der Waals surface area contributed by atoms with Gasteiger partial charge in [0, 0.05) is 60.2 Å². The number of nitrogens with zero attached hydrogens (tertiary/aromatic N) is 4. The van der Waals surface area contributed by atoms with E-state index in [0.717, 1.165) is 60.3 Å². The van der Waals surface area contributed by atoms with E-state index >= 15 is 0 Å². The summed E-state index contributed by atoms with van der Waals surface area (Å²) in [5, 5.41) is 7.08. The minimum absolute atomic E-state index is 0.0760. The van der Waals surface area contributed by atoms with Gasteiger partial charge in [0.2, 0.25) is 5.91 Å². The fraction of sp³-hybridized carbons (Fsp3) is 0.324. The van der Waals surface area contributed by atoms with E-state index in [-0.39, 0.29) is 18.0 Å². The smallest absolute Gasteiger partial charge is 0.224 e. The minimum Gasteiger partial charge on any atom is -0.494 e. The van der Waals surface area contributed by atoms with Gasteiger partial charge in [0.25, 0.3) is 0 Å². The molecule has 0 saturated carbocycles. The molecular weight excluding hydrogens is 572 g/mol. The summed E-state index contributed by atoms with van der Waals surface area (Å²) in [5.41, 5.74) is 8.10. The Morgan fingerprint density at radius 2 is 1.77 bits per heavy atom. The van der Waals surface area contributed by atoms with Crippen LogP contribution in [0, 0.1) is 13.8 Å². The van der Waals surface area contributed by atoms with Crippen LogP contribution in [0.3, 0.4) is 0 Å². The van der Waals surface area contributed by atoms with Crippen LogP contribution in [0.5, 0.6) is 5.75 Å². The molecule has 2 fully saturated rings. The Morgan fingerprint density at radius 1 is 1.05 bits per heavy atom. The van der Waals surface area contributed by atoms with Crippen molar-refractivity contribution in [2.75, 3.05) is 48.5 Å². The van der Waals surface area contributed by atoms with E-state index in [1.807, 2.05) is 49.5 Å². The molecular formula is C34H38N6O3S. The number of thiocarbonyl (C=S) groups is 1. The highest BCUT2D eigenvalue weighted by atomic mass is 32.1. The Morgan fingerprint density at radius 3 is 2.45 bits per heavy atom. The Hall–Kier alpha value is -4.41. The molecule has 2 aromatic carbocycles. The van der Waals surface area contributed by atoms with Crippen LogP contribution in [-0.2, 0) is 9.53 Å². The van der Waals surface area contributed by atoms with Crippen molar-refractivity contribution in [1.82, 2.24) is 14.9 Å². The summed E-state index contributed by atoms with van der Waals surface area (Å²) in [7, 11) is 1.60. The van der Waals surface area contributed by atoms with Gasteiger partial charge in [0.05, 0.1) is 43.8 Å². The number of pyridine rings is 1. The van der Waals surface area contributed by atoms with Crippen molar-refractivity contribution in [2.45, 2.75) is 39.3 Å². The maximum atomic E-state index is 12.1. The van der Waals surface area contributed by atoms with Crippen LogP contribution < -0.4 is 25.2 Å². The fourth-order valence-corrected chi connectivity index (χ4v) is 6.58. The molecule has 0 spiro atoms. The van der Waals surface area contributed by atoms with Gasteiger partial charge in [-0.15, -0.1) is 0 Å². The summed E-state index contributed by atoms with van der Waals surface area (Å²) in [6, 6.07) is 22.4. The second kappa shape index (κ2) is 12.7. The Kier molecular flexibility index (Phi) is 8.54. The van der Waals surface area contributed by atoms with Crippen molar-refractivity contribution in [3.8, 4) is 11.4 Å². The summed E-state index contributed by atoms with van der Waals surface area (Å²) in [5.74, 6) is 0.492. The van der Waals surface area contributed by atoms with Gasteiger partial charge in [0.15, 0.2) is 5.11 Å². The van der Waals surface area contributed by atoms with Gasteiger partial charge >= 0.3 is 0 Å². The lowest BCUT2D eigenvalue weighted by Crippen LogP contribution is -2.36. The van der Waals surface area contributed by atoms with E-state index in [4.69, 9.17) is 26.7 Å². The predicted molar refractivity (Wildman–Crippen MR) is 178 cm³/mol. The summed E-state index contributed by atoms with van der Waals surface area (Å²) >= 11 is 5.99. The molecule has 1 amide bonds. The molecule has 0 aliphatic carbocycles. The molecule has 2 atom stereocenters. The van der Waals surface area contributed by atoms with Gasteiger partial charge in [-0.1, -0.05) is 13.0 Å². The number of benzene rings is 2. The molecule has 9 nitrogen and oxygen atoms in total. The average Bonchev–Trinajstić information content (AvgIpc) is 3.56. The zero-order valence-electron chi connectivity index (χ0n) is 25.5. The Labute approximate surface area is 263 Å². The predicted octanol–water partition coefficient (Wildman–Crippen LogP) is 5.86. The lowest BCUT2D eigenvalue weighted by atomic mass is 9.96. The lowest BCUT2D eigenvalue weighted by Gasteiger charge is -2.29. The highest BCUT2D eigenvalue weighted by Crippen LogP contribution is 2.45. The fourth-order valence-electron chi connectivity index (χ4n) is 6.24. The van der Waals surface area contributed by atoms with E-state index < -0.39 is 0 Å². The van der Waals surface area contributed by atoms with Crippen LogP contribution in [0.25, 0.3) is 5.69 Å². The number of nitrogens with one attached hydrogen (secondary N) is 2. The summed E-state index contributed by atoms with van der Waals surface area (Å²) in [6.07, 6.45) is 2.19. The molecule has 2 aromatic heterocycles. The molecule has 0 radical (unpaired) electrons. The first-order valence-electron chi connectivity index (χ1n) is 15.0. The summed E-state index contributed by atoms with van der Waals surface area (Å²) < 4.78 is 13.5. The van der Waals surface area contributed by atoms with E-state index in [1.54, 1.807) is 7.11 Å². The van der Waals surface area contributed by atoms with E-state index in [1.165, 1.54) is 5.69 Å².